The lowest BCUT2D eigenvalue weighted by molar-refractivity contribution is -0.142. The summed E-state index contributed by atoms with van der Waals surface area (Å²) >= 11 is 5.07. The average Bonchev–Trinajstić information content (AvgIpc) is 2.52. The summed E-state index contributed by atoms with van der Waals surface area (Å²) in [7, 11) is 0. The van der Waals surface area contributed by atoms with E-state index in [0.717, 1.165) is 5.56 Å². The molecule has 0 aromatic heterocycles. The van der Waals surface area contributed by atoms with Gasteiger partial charge in [0.2, 0.25) is 5.91 Å². The number of nitrogens with zero attached hydrogens (tertiary/aromatic N) is 1. The first-order valence-electron chi connectivity index (χ1n) is 6.96. The Kier molecular flexibility index (Phi) is 5.67. The molecule has 1 saturated heterocycles. The van der Waals surface area contributed by atoms with Gasteiger partial charge in [-0.1, -0.05) is 42.5 Å². The standard InChI is InChI=1S/C15H20N2O3S/c16-14(21)13(8-11-4-2-1-3-5-11)15(19)17-6-7-20-12(9-17)10-18/h1-5,12-13,18H,6-10H2,(H2,16,21). The van der Waals surface area contributed by atoms with Crippen LogP contribution in [0, 0.1) is 5.92 Å². The van der Waals surface area contributed by atoms with E-state index in [9.17, 15) is 4.79 Å². The molecule has 0 saturated carbocycles. The summed E-state index contributed by atoms with van der Waals surface area (Å²) < 4.78 is 5.36. The molecule has 1 aromatic carbocycles. The van der Waals surface area contributed by atoms with E-state index < -0.39 is 5.92 Å². The maximum Gasteiger partial charge on any atom is 0.233 e. The average molecular weight is 308 g/mol. The van der Waals surface area contributed by atoms with E-state index in [1.54, 1.807) is 4.90 Å². The van der Waals surface area contributed by atoms with Gasteiger partial charge in [0.1, 0.15) is 0 Å². The van der Waals surface area contributed by atoms with Gasteiger partial charge in [-0.15, -0.1) is 0 Å². The van der Waals surface area contributed by atoms with Crippen molar-refractivity contribution in [3.8, 4) is 0 Å². The Morgan fingerprint density at radius 3 is 2.81 bits per heavy atom. The van der Waals surface area contributed by atoms with E-state index in [-0.39, 0.29) is 23.6 Å². The van der Waals surface area contributed by atoms with Crippen molar-refractivity contribution in [3.63, 3.8) is 0 Å². The molecule has 1 aromatic rings. The first-order chi connectivity index (χ1) is 10.1. The summed E-state index contributed by atoms with van der Waals surface area (Å²) in [6.07, 6.45) is 0.169. The minimum atomic E-state index is -0.514. The predicted octanol–water partition coefficient (Wildman–Crippen LogP) is 0.351. The van der Waals surface area contributed by atoms with Crippen LogP contribution < -0.4 is 5.73 Å². The maximum atomic E-state index is 12.6. The van der Waals surface area contributed by atoms with Gasteiger partial charge in [0.05, 0.1) is 30.2 Å². The quantitative estimate of drug-likeness (QED) is 0.768. The van der Waals surface area contributed by atoms with Crippen LogP contribution in [0.3, 0.4) is 0 Å². The molecule has 1 heterocycles. The molecule has 1 amide bonds. The van der Waals surface area contributed by atoms with Crippen LogP contribution in [0.2, 0.25) is 0 Å². The molecule has 0 radical (unpaired) electrons. The molecular formula is C15H20N2O3S. The summed E-state index contributed by atoms with van der Waals surface area (Å²) in [6.45, 7) is 1.21. The van der Waals surface area contributed by atoms with Crippen molar-refractivity contribution < 1.29 is 14.6 Å². The van der Waals surface area contributed by atoms with E-state index in [4.69, 9.17) is 27.8 Å². The molecule has 3 N–H and O–H groups in total. The van der Waals surface area contributed by atoms with Crippen LogP contribution in [0.4, 0.5) is 0 Å². The first-order valence-corrected chi connectivity index (χ1v) is 7.37. The van der Waals surface area contributed by atoms with Crippen molar-refractivity contribution in [2.24, 2.45) is 11.7 Å². The minimum absolute atomic E-state index is 0.0897. The van der Waals surface area contributed by atoms with Gasteiger partial charge in [0.25, 0.3) is 0 Å². The van der Waals surface area contributed by atoms with Crippen LogP contribution in [0.1, 0.15) is 5.56 Å². The molecular weight excluding hydrogens is 288 g/mol. The highest BCUT2D eigenvalue weighted by atomic mass is 32.1. The van der Waals surface area contributed by atoms with Crippen molar-refractivity contribution in [1.29, 1.82) is 0 Å². The number of carbonyl (C=O) groups is 1. The van der Waals surface area contributed by atoms with Crippen LogP contribution in [0.15, 0.2) is 30.3 Å². The van der Waals surface area contributed by atoms with Crippen molar-refractivity contribution in [2.75, 3.05) is 26.3 Å². The van der Waals surface area contributed by atoms with E-state index in [2.05, 4.69) is 0 Å². The maximum absolute atomic E-state index is 12.6. The Balaban J connectivity index is 2.07. The zero-order valence-electron chi connectivity index (χ0n) is 11.8. The number of nitrogens with two attached hydrogens (primary N) is 1. The Morgan fingerprint density at radius 1 is 1.48 bits per heavy atom. The van der Waals surface area contributed by atoms with Gasteiger partial charge in [0.15, 0.2) is 0 Å². The summed E-state index contributed by atoms with van der Waals surface area (Å²) in [4.78, 5) is 14.5. The van der Waals surface area contributed by atoms with Crippen LogP contribution in [-0.4, -0.2) is 53.3 Å². The number of thiocarbonyl (C=S) groups is 1. The number of carbonyl (C=O) groups excluding carboxylic acids is 1. The van der Waals surface area contributed by atoms with E-state index in [1.165, 1.54) is 0 Å². The molecule has 2 unspecified atom stereocenters. The normalized spacial score (nSPS) is 20.0. The fraction of sp³-hybridized carbons (Fsp3) is 0.467. The zero-order valence-corrected chi connectivity index (χ0v) is 12.6. The molecule has 21 heavy (non-hydrogen) atoms. The van der Waals surface area contributed by atoms with Gasteiger partial charge >= 0.3 is 0 Å². The topological polar surface area (TPSA) is 75.8 Å². The number of aliphatic hydroxyl groups excluding tert-OH is 1. The summed E-state index contributed by atoms with van der Waals surface area (Å²) in [6, 6.07) is 9.68. The van der Waals surface area contributed by atoms with Crippen LogP contribution >= 0.6 is 12.2 Å². The third-order valence-electron chi connectivity index (χ3n) is 3.58. The molecule has 114 valence electrons. The smallest absolute Gasteiger partial charge is 0.233 e. The molecule has 1 aliphatic heterocycles. The Labute approximate surface area is 129 Å². The fourth-order valence-corrected chi connectivity index (χ4v) is 2.59. The lowest BCUT2D eigenvalue weighted by Crippen LogP contribution is -2.51. The molecule has 5 nitrogen and oxygen atoms in total. The molecule has 2 rings (SSSR count). The van der Waals surface area contributed by atoms with Crippen LogP contribution in [0.25, 0.3) is 0 Å². The first kappa shape index (κ1) is 15.9. The van der Waals surface area contributed by atoms with Crippen molar-refractivity contribution in [1.82, 2.24) is 4.90 Å². The van der Waals surface area contributed by atoms with E-state index in [1.807, 2.05) is 30.3 Å². The molecule has 1 aliphatic rings. The van der Waals surface area contributed by atoms with Crippen molar-refractivity contribution >= 4 is 23.1 Å². The third-order valence-corrected chi connectivity index (χ3v) is 3.86. The highest BCUT2D eigenvalue weighted by molar-refractivity contribution is 7.80. The molecule has 0 bridgehead atoms. The van der Waals surface area contributed by atoms with Crippen LogP contribution in [-0.2, 0) is 16.0 Å². The second-order valence-corrected chi connectivity index (χ2v) is 5.58. The Hall–Kier alpha value is -1.50. The molecule has 2 atom stereocenters. The monoisotopic (exact) mass is 308 g/mol. The minimum Gasteiger partial charge on any atom is -0.394 e. The van der Waals surface area contributed by atoms with Gasteiger partial charge < -0.3 is 20.5 Å². The number of rotatable bonds is 5. The Bertz CT molecular complexity index is 495. The summed E-state index contributed by atoms with van der Waals surface area (Å²) in [5.41, 5.74) is 6.79. The molecule has 6 heteroatoms. The van der Waals surface area contributed by atoms with Gasteiger partial charge in [-0.2, -0.15) is 0 Å². The van der Waals surface area contributed by atoms with Gasteiger partial charge in [-0.3, -0.25) is 4.79 Å². The largest absolute Gasteiger partial charge is 0.394 e. The summed E-state index contributed by atoms with van der Waals surface area (Å²) in [5, 5.41) is 9.16. The number of hydrogen-bond donors (Lipinski definition) is 2. The highest BCUT2D eigenvalue weighted by Gasteiger charge is 2.30. The van der Waals surface area contributed by atoms with Crippen LogP contribution in [0.5, 0.6) is 0 Å². The second-order valence-electron chi connectivity index (χ2n) is 5.10. The van der Waals surface area contributed by atoms with E-state index in [0.29, 0.717) is 26.1 Å². The van der Waals surface area contributed by atoms with Gasteiger partial charge in [0, 0.05) is 13.1 Å². The molecule has 1 fully saturated rings. The number of hydrogen-bond acceptors (Lipinski definition) is 4. The SMILES string of the molecule is NC(=S)C(Cc1ccccc1)C(=O)N1CCOC(CO)C1. The zero-order chi connectivity index (χ0) is 15.2. The predicted molar refractivity (Wildman–Crippen MR) is 83.8 cm³/mol. The lowest BCUT2D eigenvalue weighted by Gasteiger charge is -2.34. The number of amides is 1. The summed E-state index contributed by atoms with van der Waals surface area (Å²) in [5.74, 6) is -0.604. The number of ether oxygens (including phenoxy) is 1. The van der Waals surface area contributed by atoms with Crippen molar-refractivity contribution in [2.45, 2.75) is 12.5 Å². The second kappa shape index (κ2) is 7.49. The molecule has 0 spiro atoms. The Morgan fingerprint density at radius 2 is 2.19 bits per heavy atom. The highest BCUT2D eigenvalue weighted by Crippen LogP contribution is 2.15. The van der Waals surface area contributed by atoms with E-state index >= 15 is 0 Å². The van der Waals surface area contributed by atoms with Gasteiger partial charge in [-0.05, 0) is 12.0 Å². The fourth-order valence-electron chi connectivity index (χ4n) is 2.41. The number of morpholine rings is 1. The lowest BCUT2D eigenvalue weighted by atomic mass is 9.97. The van der Waals surface area contributed by atoms with Crippen molar-refractivity contribution in [3.05, 3.63) is 35.9 Å². The number of benzene rings is 1. The van der Waals surface area contributed by atoms with Gasteiger partial charge in [-0.25, -0.2) is 0 Å². The number of aliphatic hydroxyl groups is 1. The molecule has 0 aliphatic carbocycles. The third kappa shape index (κ3) is 4.23.